The van der Waals surface area contributed by atoms with Crippen LogP contribution < -0.4 is 0 Å². The van der Waals surface area contributed by atoms with E-state index in [1.807, 2.05) is 0 Å². The Balaban J connectivity index is 3.52. The number of nitrogens with zero attached hydrogens (tertiary/aromatic N) is 1. The number of hydrogen-bond acceptors (Lipinski definition) is 2. The number of hydrogen-bond donors (Lipinski definition) is 0. The maximum atomic E-state index is 9.87. The zero-order chi connectivity index (χ0) is 8.53. The van der Waals surface area contributed by atoms with Gasteiger partial charge in [-0.05, 0) is 6.42 Å². The van der Waals surface area contributed by atoms with Crippen LogP contribution in [-0.4, -0.2) is 12.1 Å². The maximum Gasteiger partial charge on any atom is 0.235 e. The summed E-state index contributed by atoms with van der Waals surface area (Å²) in [5.74, 6) is 0. The quantitative estimate of drug-likeness (QED) is 0.249. The largest absolute Gasteiger partial charge is 0.235 e. The zero-order valence-electron chi connectivity index (χ0n) is 7.05. The Morgan fingerprint density at radius 2 is 2.36 bits per heavy atom. The van der Waals surface area contributed by atoms with Gasteiger partial charge in [0.2, 0.25) is 6.08 Å². The van der Waals surface area contributed by atoms with E-state index in [4.69, 9.17) is 0 Å². The second-order valence-corrected chi connectivity index (χ2v) is 2.52. The fourth-order valence-corrected chi connectivity index (χ4v) is 0.906. The number of isocyanates is 1. The van der Waals surface area contributed by atoms with Crippen molar-refractivity contribution in [3.05, 3.63) is 12.7 Å². The van der Waals surface area contributed by atoms with Crippen LogP contribution in [0.5, 0.6) is 0 Å². The molecule has 0 aliphatic carbocycles. The molecular formula is C9H15NO. The average Bonchev–Trinajstić information content (AvgIpc) is 2.03. The lowest BCUT2D eigenvalue weighted by Crippen LogP contribution is -1.98. The first-order valence-electron chi connectivity index (χ1n) is 4.04. The van der Waals surface area contributed by atoms with Crippen molar-refractivity contribution in [1.82, 2.24) is 0 Å². The molecule has 0 fully saturated rings. The van der Waals surface area contributed by atoms with Crippen molar-refractivity contribution in [2.75, 3.05) is 0 Å². The lowest BCUT2D eigenvalue weighted by molar-refractivity contribution is 0.555. The molecule has 1 atom stereocenters. The summed E-state index contributed by atoms with van der Waals surface area (Å²) in [5.41, 5.74) is 0. The summed E-state index contributed by atoms with van der Waals surface area (Å²) in [5, 5.41) is 0. The number of carbonyl (C=O) groups excluding carboxylic acids is 1. The van der Waals surface area contributed by atoms with Crippen LogP contribution in [-0.2, 0) is 4.79 Å². The summed E-state index contributed by atoms with van der Waals surface area (Å²) in [4.78, 5) is 13.5. The Kier molecular flexibility index (Phi) is 6.65. The smallest absolute Gasteiger partial charge is 0.211 e. The van der Waals surface area contributed by atoms with Gasteiger partial charge in [0.1, 0.15) is 0 Å². The molecule has 1 unspecified atom stereocenters. The second kappa shape index (κ2) is 7.23. The Morgan fingerprint density at radius 3 is 2.82 bits per heavy atom. The molecule has 62 valence electrons. The molecule has 11 heavy (non-hydrogen) atoms. The van der Waals surface area contributed by atoms with E-state index >= 15 is 0 Å². The topological polar surface area (TPSA) is 29.4 Å². The van der Waals surface area contributed by atoms with E-state index in [0.29, 0.717) is 0 Å². The predicted octanol–water partition coefficient (Wildman–Crippen LogP) is 2.46. The molecule has 0 rings (SSSR count). The molecule has 0 spiro atoms. The van der Waals surface area contributed by atoms with Crippen molar-refractivity contribution in [2.45, 2.75) is 38.6 Å². The molecule has 0 aliphatic heterocycles. The SMILES string of the molecule is C=CC(CCCCC)N=C=O. The van der Waals surface area contributed by atoms with Crippen LogP contribution in [0, 0.1) is 0 Å². The van der Waals surface area contributed by atoms with Gasteiger partial charge in [-0.3, -0.25) is 0 Å². The van der Waals surface area contributed by atoms with E-state index in [-0.39, 0.29) is 6.04 Å². The highest BCUT2D eigenvalue weighted by molar-refractivity contribution is 5.34. The Labute approximate surface area is 68.0 Å². The highest BCUT2D eigenvalue weighted by Crippen LogP contribution is 2.06. The van der Waals surface area contributed by atoms with Crippen molar-refractivity contribution < 1.29 is 4.79 Å². The number of unbranched alkanes of at least 4 members (excludes halogenated alkanes) is 2. The molecule has 0 saturated heterocycles. The fourth-order valence-electron chi connectivity index (χ4n) is 0.906. The summed E-state index contributed by atoms with van der Waals surface area (Å²) in [6, 6.07) is -0.0148. The van der Waals surface area contributed by atoms with Crippen LogP contribution in [0.1, 0.15) is 32.6 Å². The first-order valence-corrected chi connectivity index (χ1v) is 4.04. The normalized spacial score (nSPS) is 11.7. The van der Waals surface area contributed by atoms with Gasteiger partial charge in [-0.1, -0.05) is 32.3 Å². The first-order chi connectivity index (χ1) is 5.35. The van der Waals surface area contributed by atoms with Crippen molar-refractivity contribution in [2.24, 2.45) is 4.99 Å². The maximum absolute atomic E-state index is 9.87. The summed E-state index contributed by atoms with van der Waals surface area (Å²) in [6.45, 7) is 5.73. The van der Waals surface area contributed by atoms with Gasteiger partial charge in [-0.2, -0.15) is 4.99 Å². The summed E-state index contributed by atoms with van der Waals surface area (Å²) < 4.78 is 0. The monoisotopic (exact) mass is 153 g/mol. The molecule has 0 heterocycles. The summed E-state index contributed by atoms with van der Waals surface area (Å²) >= 11 is 0. The van der Waals surface area contributed by atoms with Crippen LogP contribution >= 0.6 is 0 Å². The Morgan fingerprint density at radius 1 is 1.64 bits per heavy atom. The molecule has 2 nitrogen and oxygen atoms in total. The molecule has 0 aromatic heterocycles. The van der Waals surface area contributed by atoms with E-state index in [1.54, 1.807) is 12.2 Å². The molecule has 0 aliphatic rings. The third-order valence-corrected chi connectivity index (χ3v) is 1.59. The van der Waals surface area contributed by atoms with Crippen LogP contribution in [0.2, 0.25) is 0 Å². The van der Waals surface area contributed by atoms with Crippen LogP contribution in [0.4, 0.5) is 0 Å². The number of aliphatic imine (C=N–C) groups is 1. The van der Waals surface area contributed by atoms with Gasteiger partial charge in [0.25, 0.3) is 0 Å². The van der Waals surface area contributed by atoms with E-state index in [2.05, 4.69) is 18.5 Å². The molecule has 0 saturated carbocycles. The number of rotatable bonds is 6. The zero-order valence-corrected chi connectivity index (χ0v) is 7.05. The fraction of sp³-hybridized carbons (Fsp3) is 0.667. The molecule has 2 heteroatoms. The van der Waals surface area contributed by atoms with E-state index in [1.165, 1.54) is 12.8 Å². The predicted molar refractivity (Wildman–Crippen MR) is 46.2 cm³/mol. The van der Waals surface area contributed by atoms with Gasteiger partial charge in [0.15, 0.2) is 0 Å². The summed E-state index contributed by atoms with van der Waals surface area (Å²) in [7, 11) is 0. The van der Waals surface area contributed by atoms with Gasteiger partial charge in [-0.25, -0.2) is 4.79 Å². The van der Waals surface area contributed by atoms with Gasteiger partial charge in [-0.15, -0.1) is 6.58 Å². The molecule has 0 N–H and O–H groups in total. The van der Waals surface area contributed by atoms with Gasteiger partial charge in [0.05, 0.1) is 6.04 Å². The highest BCUT2D eigenvalue weighted by Gasteiger charge is 1.98. The molecule has 0 aromatic rings. The van der Waals surface area contributed by atoms with E-state index in [0.717, 1.165) is 12.8 Å². The third-order valence-electron chi connectivity index (χ3n) is 1.59. The molecule has 0 aromatic carbocycles. The minimum Gasteiger partial charge on any atom is -0.211 e. The van der Waals surface area contributed by atoms with Crippen molar-refractivity contribution >= 4 is 6.08 Å². The van der Waals surface area contributed by atoms with Crippen LogP contribution in [0.3, 0.4) is 0 Å². The van der Waals surface area contributed by atoms with Crippen molar-refractivity contribution in [1.29, 1.82) is 0 Å². The highest BCUT2D eigenvalue weighted by atomic mass is 16.1. The van der Waals surface area contributed by atoms with E-state index < -0.39 is 0 Å². The van der Waals surface area contributed by atoms with Crippen molar-refractivity contribution in [3.63, 3.8) is 0 Å². The lowest BCUT2D eigenvalue weighted by atomic mass is 10.1. The minimum atomic E-state index is -0.0148. The van der Waals surface area contributed by atoms with Crippen LogP contribution in [0.25, 0.3) is 0 Å². The van der Waals surface area contributed by atoms with Crippen molar-refractivity contribution in [3.8, 4) is 0 Å². The minimum absolute atomic E-state index is 0.0148. The Bertz CT molecular complexity index is 148. The third kappa shape index (κ3) is 5.56. The van der Waals surface area contributed by atoms with Gasteiger partial charge in [0, 0.05) is 0 Å². The lowest BCUT2D eigenvalue weighted by Gasteiger charge is -2.02. The molecule has 0 amide bonds. The Hall–Kier alpha value is -0.880. The molecular weight excluding hydrogens is 138 g/mol. The standard InChI is InChI=1S/C9H15NO/c1-3-5-6-7-9(4-2)10-8-11/h4,9H,2-3,5-7H2,1H3. The first kappa shape index (κ1) is 10.1. The molecule has 0 radical (unpaired) electrons. The van der Waals surface area contributed by atoms with Crippen LogP contribution in [0.15, 0.2) is 17.6 Å². The van der Waals surface area contributed by atoms with Gasteiger partial charge >= 0.3 is 0 Å². The van der Waals surface area contributed by atoms with Gasteiger partial charge < -0.3 is 0 Å². The van der Waals surface area contributed by atoms with E-state index in [9.17, 15) is 4.79 Å². The molecule has 0 bridgehead atoms. The average molecular weight is 153 g/mol. The summed E-state index contributed by atoms with van der Waals surface area (Å²) in [6.07, 6.45) is 7.66. The second-order valence-electron chi connectivity index (χ2n) is 2.52.